The molecule has 0 saturated carbocycles. The van der Waals surface area contributed by atoms with Crippen molar-refractivity contribution in [3.05, 3.63) is 19.2 Å². The van der Waals surface area contributed by atoms with Crippen LogP contribution in [-0.2, 0) is 0 Å². The quantitative estimate of drug-likeness (QED) is 0.655. The minimum absolute atomic E-state index is 0.226. The Morgan fingerprint density at radius 1 is 1.42 bits per heavy atom. The number of thiophene rings is 1. The van der Waals surface area contributed by atoms with Gasteiger partial charge in [-0.1, -0.05) is 13.3 Å². The Morgan fingerprint density at radius 3 is 2.84 bits per heavy atom. The zero-order chi connectivity index (χ0) is 13.8. The molecular weight excluding hydrogens is 390 g/mol. The van der Waals surface area contributed by atoms with Gasteiger partial charge >= 0.3 is 0 Å². The highest BCUT2D eigenvalue weighted by atomic mass is 79.9. The molecule has 1 fully saturated rings. The van der Waals surface area contributed by atoms with Crippen molar-refractivity contribution in [1.82, 2.24) is 4.90 Å². The predicted molar refractivity (Wildman–Crippen MR) is 88.1 cm³/mol. The summed E-state index contributed by atoms with van der Waals surface area (Å²) in [6, 6.07) is 1.92. The second-order valence-electron chi connectivity index (χ2n) is 5.14. The maximum absolute atomic E-state index is 12.3. The number of nitrogens with zero attached hydrogens (tertiary/aromatic N) is 1. The molecule has 1 saturated heterocycles. The third-order valence-electron chi connectivity index (χ3n) is 3.84. The molecule has 0 amide bonds. The highest BCUT2D eigenvalue weighted by Gasteiger charge is 2.20. The van der Waals surface area contributed by atoms with Gasteiger partial charge in [0.25, 0.3) is 0 Å². The summed E-state index contributed by atoms with van der Waals surface area (Å²) >= 11 is 8.46. The first kappa shape index (κ1) is 15.7. The zero-order valence-electron chi connectivity index (χ0n) is 11.1. The van der Waals surface area contributed by atoms with Crippen molar-refractivity contribution >= 4 is 49.0 Å². The standard InChI is InChI=1S/C14H19Br2NOS/c1-2-10-4-3-6-17(7-5-10)9-12(18)11-8-13(15)19-14(11)16/h8,10H,2-7,9H2,1H3. The molecule has 0 bridgehead atoms. The van der Waals surface area contributed by atoms with Gasteiger partial charge in [0.2, 0.25) is 0 Å². The molecule has 19 heavy (non-hydrogen) atoms. The average molecular weight is 409 g/mol. The third-order valence-corrected chi connectivity index (χ3v) is 6.18. The van der Waals surface area contributed by atoms with Crippen molar-refractivity contribution in [2.75, 3.05) is 19.6 Å². The van der Waals surface area contributed by atoms with E-state index in [1.54, 1.807) is 11.3 Å². The van der Waals surface area contributed by atoms with Gasteiger partial charge in [0.1, 0.15) is 0 Å². The van der Waals surface area contributed by atoms with Crippen LogP contribution in [0.3, 0.4) is 0 Å². The lowest BCUT2D eigenvalue weighted by Gasteiger charge is -2.18. The normalized spacial score (nSPS) is 21.3. The third kappa shape index (κ3) is 4.38. The molecule has 106 valence electrons. The van der Waals surface area contributed by atoms with Gasteiger partial charge in [0.05, 0.1) is 14.1 Å². The maximum atomic E-state index is 12.3. The van der Waals surface area contributed by atoms with Crippen LogP contribution in [0.2, 0.25) is 0 Å². The number of Topliss-reactive ketones (excluding diaryl/α,β-unsaturated/α-hetero) is 1. The summed E-state index contributed by atoms with van der Waals surface area (Å²) in [7, 11) is 0. The van der Waals surface area contributed by atoms with Crippen molar-refractivity contribution in [2.24, 2.45) is 5.92 Å². The lowest BCUT2D eigenvalue weighted by Crippen LogP contribution is -2.31. The van der Waals surface area contributed by atoms with E-state index in [2.05, 4.69) is 43.7 Å². The monoisotopic (exact) mass is 407 g/mol. The number of hydrogen-bond donors (Lipinski definition) is 0. The lowest BCUT2D eigenvalue weighted by atomic mass is 9.98. The largest absolute Gasteiger partial charge is 0.296 e. The van der Waals surface area contributed by atoms with Crippen molar-refractivity contribution in [3.63, 3.8) is 0 Å². The van der Waals surface area contributed by atoms with E-state index in [-0.39, 0.29) is 5.78 Å². The molecule has 0 N–H and O–H groups in total. The number of hydrogen-bond acceptors (Lipinski definition) is 3. The molecule has 0 aliphatic carbocycles. The molecule has 0 aromatic carbocycles. The van der Waals surface area contributed by atoms with E-state index in [4.69, 9.17) is 0 Å². The van der Waals surface area contributed by atoms with Crippen LogP contribution in [0, 0.1) is 5.92 Å². The Bertz CT molecular complexity index is 447. The van der Waals surface area contributed by atoms with Gasteiger partial charge in [0.15, 0.2) is 5.78 Å². The summed E-state index contributed by atoms with van der Waals surface area (Å²) in [5, 5.41) is 0. The fraction of sp³-hybridized carbons (Fsp3) is 0.643. The molecule has 0 spiro atoms. The van der Waals surface area contributed by atoms with E-state index in [9.17, 15) is 4.79 Å². The van der Waals surface area contributed by atoms with Crippen LogP contribution in [0.4, 0.5) is 0 Å². The highest BCUT2D eigenvalue weighted by Crippen LogP contribution is 2.32. The van der Waals surface area contributed by atoms with Gasteiger partial charge in [-0.15, -0.1) is 11.3 Å². The topological polar surface area (TPSA) is 20.3 Å². The molecule has 5 heteroatoms. The van der Waals surface area contributed by atoms with Gasteiger partial charge in [0, 0.05) is 5.56 Å². The lowest BCUT2D eigenvalue weighted by molar-refractivity contribution is 0.0932. The van der Waals surface area contributed by atoms with E-state index in [1.807, 2.05) is 6.07 Å². The number of carbonyl (C=O) groups is 1. The molecule has 1 aliphatic rings. The SMILES string of the molecule is CCC1CCCN(CC(=O)c2cc(Br)sc2Br)CC1. The van der Waals surface area contributed by atoms with Crippen molar-refractivity contribution in [1.29, 1.82) is 0 Å². The van der Waals surface area contributed by atoms with Gasteiger partial charge in [-0.05, 0) is 76.2 Å². The number of likely N-dealkylation sites (tertiary alicyclic amines) is 1. The van der Waals surface area contributed by atoms with Crippen LogP contribution in [0.1, 0.15) is 43.0 Å². The van der Waals surface area contributed by atoms with Gasteiger partial charge in [-0.25, -0.2) is 0 Å². The first-order valence-electron chi connectivity index (χ1n) is 6.80. The maximum Gasteiger partial charge on any atom is 0.178 e. The van der Waals surface area contributed by atoms with Crippen molar-refractivity contribution in [3.8, 4) is 0 Å². The molecule has 2 rings (SSSR count). The number of halogens is 2. The second kappa shape index (κ2) is 7.34. The number of ketones is 1. The van der Waals surface area contributed by atoms with E-state index in [0.29, 0.717) is 6.54 Å². The minimum atomic E-state index is 0.226. The molecule has 1 aliphatic heterocycles. The Kier molecular flexibility index (Phi) is 6.06. The summed E-state index contributed by atoms with van der Waals surface area (Å²) in [5.74, 6) is 1.07. The zero-order valence-corrected chi connectivity index (χ0v) is 15.1. The van der Waals surface area contributed by atoms with Crippen molar-refractivity contribution < 1.29 is 4.79 Å². The first-order valence-corrected chi connectivity index (χ1v) is 9.20. The summed E-state index contributed by atoms with van der Waals surface area (Å²) in [4.78, 5) is 14.6. The van der Waals surface area contributed by atoms with Crippen molar-refractivity contribution in [2.45, 2.75) is 32.6 Å². The second-order valence-corrected chi connectivity index (χ2v) is 8.89. The van der Waals surface area contributed by atoms with Crippen LogP contribution < -0.4 is 0 Å². The highest BCUT2D eigenvalue weighted by molar-refractivity contribution is 9.12. The summed E-state index contributed by atoms with van der Waals surface area (Å²) in [6.45, 7) is 4.95. The molecule has 0 radical (unpaired) electrons. The van der Waals surface area contributed by atoms with E-state index >= 15 is 0 Å². The van der Waals surface area contributed by atoms with E-state index in [1.165, 1.54) is 25.7 Å². The Hall–Kier alpha value is 0.290. The summed E-state index contributed by atoms with van der Waals surface area (Å²) in [5.41, 5.74) is 0.813. The fourth-order valence-electron chi connectivity index (χ4n) is 2.61. The van der Waals surface area contributed by atoms with Gasteiger partial charge in [-0.3, -0.25) is 9.69 Å². The molecular formula is C14H19Br2NOS. The summed E-state index contributed by atoms with van der Waals surface area (Å²) < 4.78 is 1.94. The molecule has 1 aromatic heterocycles. The van der Waals surface area contributed by atoms with Crippen LogP contribution in [0.5, 0.6) is 0 Å². The van der Waals surface area contributed by atoms with Gasteiger partial charge in [-0.2, -0.15) is 0 Å². The fourth-order valence-corrected chi connectivity index (χ4v) is 5.47. The van der Waals surface area contributed by atoms with Crippen LogP contribution >= 0.6 is 43.2 Å². The van der Waals surface area contributed by atoms with E-state index < -0.39 is 0 Å². The number of carbonyl (C=O) groups excluding carboxylic acids is 1. The molecule has 1 atom stereocenters. The van der Waals surface area contributed by atoms with Crippen LogP contribution in [0.15, 0.2) is 13.6 Å². The average Bonchev–Trinajstić information content (AvgIpc) is 2.60. The Balaban J connectivity index is 1.93. The first-order chi connectivity index (χ1) is 9.10. The van der Waals surface area contributed by atoms with Crippen LogP contribution in [0.25, 0.3) is 0 Å². The molecule has 2 nitrogen and oxygen atoms in total. The Labute approximate surface area is 135 Å². The van der Waals surface area contributed by atoms with Gasteiger partial charge < -0.3 is 0 Å². The van der Waals surface area contributed by atoms with Crippen LogP contribution in [-0.4, -0.2) is 30.3 Å². The summed E-state index contributed by atoms with van der Waals surface area (Å²) in [6.07, 6.45) is 5.04. The minimum Gasteiger partial charge on any atom is -0.296 e. The number of rotatable bonds is 4. The smallest absolute Gasteiger partial charge is 0.178 e. The Morgan fingerprint density at radius 2 is 2.21 bits per heavy atom. The molecule has 1 aromatic rings. The van der Waals surface area contributed by atoms with E-state index in [0.717, 1.165) is 32.1 Å². The molecule has 1 unspecified atom stereocenters. The predicted octanol–water partition coefficient (Wildman–Crippen LogP) is 4.97. The molecule has 2 heterocycles.